The fourth-order valence-electron chi connectivity index (χ4n) is 2.88. The summed E-state index contributed by atoms with van der Waals surface area (Å²) in [6.45, 7) is 4.10. The van der Waals surface area contributed by atoms with Gasteiger partial charge in [0.1, 0.15) is 5.01 Å². The number of hydrogen-bond acceptors (Lipinski definition) is 5. The zero-order chi connectivity index (χ0) is 22.6. The van der Waals surface area contributed by atoms with Crippen LogP contribution in [0.1, 0.15) is 19.4 Å². The molecular weight excluding hydrogens is 444 g/mol. The Balaban J connectivity index is 1.74. The van der Waals surface area contributed by atoms with E-state index in [0.717, 1.165) is 28.3 Å². The van der Waals surface area contributed by atoms with Crippen LogP contribution in [0, 0.1) is 0 Å². The summed E-state index contributed by atoms with van der Waals surface area (Å²) in [6.07, 6.45) is 1.73. The maximum Gasteiger partial charge on any atom is 0.341 e. The Morgan fingerprint density at radius 2 is 1.87 bits per heavy atom. The first-order valence-corrected chi connectivity index (χ1v) is 11.8. The fourth-order valence-corrected chi connectivity index (χ4v) is 4.24. The molecule has 0 aliphatic rings. The van der Waals surface area contributed by atoms with E-state index < -0.39 is 20.5 Å². The number of carbonyl (C=O) groups excluding carboxylic acids is 1. The number of amides is 2. The first-order valence-electron chi connectivity index (χ1n) is 9.37. The minimum Gasteiger partial charge on any atom is -0.318 e. The largest absolute Gasteiger partial charge is 0.341 e. The van der Waals surface area contributed by atoms with Crippen molar-refractivity contribution in [1.82, 2.24) is 9.88 Å². The number of halogens is 2. The van der Waals surface area contributed by atoms with Crippen LogP contribution in [0.15, 0.2) is 65.0 Å². The highest BCUT2D eigenvalue weighted by atomic mass is 32.2. The third kappa shape index (κ3) is 5.45. The maximum absolute atomic E-state index is 12.8. The third-order valence-electron chi connectivity index (χ3n) is 4.51. The maximum atomic E-state index is 12.8. The molecule has 0 aliphatic heterocycles. The van der Waals surface area contributed by atoms with Crippen LogP contribution < -0.4 is 5.32 Å². The van der Waals surface area contributed by atoms with E-state index in [1.807, 2.05) is 43.5 Å². The molecule has 164 valence electrons. The highest BCUT2D eigenvalue weighted by Gasteiger charge is 2.26. The summed E-state index contributed by atoms with van der Waals surface area (Å²) in [5.41, 5.74) is 2.20. The summed E-state index contributed by atoms with van der Waals surface area (Å²) in [7, 11) is -4.68. The van der Waals surface area contributed by atoms with Crippen LogP contribution in [0.5, 0.6) is 0 Å². The minimum atomic E-state index is -4.68. The first-order chi connectivity index (χ1) is 14.7. The van der Waals surface area contributed by atoms with Gasteiger partial charge in [0, 0.05) is 35.4 Å². The summed E-state index contributed by atoms with van der Waals surface area (Å²) >= 11 is 1.53. The van der Waals surface area contributed by atoms with Gasteiger partial charge in [0.2, 0.25) is 9.84 Å². The molecule has 0 spiro atoms. The molecule has 3 aromatic rings. The molecule has 0 unspecified atom stereocenters. The van der Waals surface area contributed by atoms with E-state index in [0.29, 0.717) is 12.2 Å². The molecule has 0 radical (unpaired) electrons. The molecule has 0 saturated heterocycles. The molecular formula is C21H21F2N3O3S2. The second-order valence-corrected chi connectivity index (χ2v) is 9.83. The molecule has 2 amide bonds. The summed E-state index contributed by atoms with van der Waals surface area (Å²) in [4.78, 5) is 18.2. The zero-order valence-electron chi connectivity index (χ0n) is 16.8. The average molecular weight is 466 g/mol. The molecule has 0 fully saturated rings. The highest BCUT2D eigenvalue weighted by Crippen LogP contribution is 2.24. The van der Waals surface area contributed by atoms with Crippen LogP contribution in [-0.4, -0.2) is 36.1 Å². The number of sulfone groups is 1. The van der Waals surface area contributed by atoms with Gasteiger partial charge in [0.25, 0.3) is 0 Å². The molecule has 1 heterocycles. The normalized spacial score (nSPS) is 11.7. The van der Waals surface area contributed by atoms with E-state index in [4.69, 9.17) is 0 Å². The van der Waals surface area contributed by atoms with Gasteiger partial charge in [-0.05, 0) is 49.7 Å². The molecule has 3 rings (SSSR count). The zero-order valence-corrected chi connectivity index (χ0v) is 18.5. The fraction of sp³-hybridized carbons (Fsp3) is 0.238. The summed E-state index contributed by atoms with van der Waals surface area (Å²) in [5.74, 6) is -3.50. The number of nitrogens with one attached hydrogen (secondary N) is 1. The van der Waals surface area contributed by atoms with Crippen LogP contribution in [-0.2, 0) is 16.4 Å². The first kappa shape index (κ1) is 22.8. The van der Waals surface area contributed by atoms with E-state index >= 15 is 0 Å². The van der Waals surface area contributed by atoms with E-state index in [1.54, 1.807) is 11.1 Å². The van der Waals surface area contributed by atoms with Gasteiger partial charge in [-0.15, -0.1) is 11.3 Å². The molecule has 0 atom stereocenters. The number of anilines is 1. The molecule has 31 heavy (non-hydrogen) atoms. The molecule has 1 aromatic heterocycles. The molecule has 0 bridgehead atoms. The lowest BCUT2D eigenvalue weighted by atomic mass is 10.1. The monoisotopic (exact) mass is 465 g/mol. The number of thiazole rings is 1. The molecule has 6 nitrogen and oxygen atoms in total. The predicted octanol–water partition coefficient (Wildman–Crippen LogP) is 5.25. The lowest BCUT2D eigenvalue weighted by molar-refractivity contribution is 0.193. The Morgan fingerprint density at radius 3 is 2.45 bits per heavy atom. The number of benzene rings is 2. The van der Waals surface area contributed by atoms with E-state index in [9.17, 15) is 22.0 Å². The number of hydrogen-bond donors (Lipinski definition) is 1. The topological polar surface area (TPSA) is 79.4 Å². The molecule has 10 heteroatoms. The summed E-state index contributed by atoms with van der Waals surface area (Å²) in [6, 6.07) is 11.9. The summed E-state index contributed by atoms with van der Waals surface area (Å²) < 4.78 is 48.4. The Labute approximate surface area is 183 Å². The molecule has 0 aliphatic carbocycles. The number of nitrogens with zero attached hydrogens (tertiary/aromatic N) is 2. The second-order valence-electron chi connectivity index (χ2n) is 7.02. The lowest BCUT2D eigenvalue weighted by Gasteiger charge is -2.27. The smallest absolute Gasteiger partial charge is 0.318 e. The van der Waals surface area contributed by atoms with Gasteiger partial charge < -0.3 is 10.2 Å². The van der Waals surface area contributed by atoms with Crippen molar-refractivity contribution in [3.05, 3.63) is 65.7 Å². The van der Waals surface area contributed by atoms with Crippen molar-refractivity contribution in [3.8, 4) is 10.6 Å². The van der Waals surface area contributed by atoms with Gasteiger partial charge in [-0.3, -0.25) is 0 Å². The Hall–Kier alpha value is -2.85. The van der Waals surface area contributed by atoms with Gasteiger partial charge in [-0.2, -0.15) is 8.78 Å². The predicted molar refractivity (Wildman–Crippen MR) is 117 cm³/mol. The number of alkyl halides is 2. The van der Waals surface area contributed by atoms with Crippen LogP contribution in [0.25, 0.3) is 10.6 Å². The minimum absolute atomic E-state index is 0.123. The average Bonchev–Trinajstić information content (AvgIpc) is 3.27. The van der Waals surface area contributed by atoms with Crippen molar-refractivity contribution < 1.29 is 22.0 Å². The Kier molecular flexibility index (Phi) is 7.01. The van der Waals surface area contributed by atoms with Crippen molar-refractivity contribution >= 4 is 32.9 Å². The van der Waals surface area contributed by atoms with Gasteiger partial charge in [-0.1, -0.05) is 18.2 Å². The number of aromatic nitrogens is 1. The van der Waals surface area contributed by atoms with E-state index in [1.165, 1.54) is 23.5 Å². The second kappa shape index (κ2) is 9.52. The highest BCUT2D eigenvalue weighted by molar-refractivity contribution is 7.91. The van der Waals surface area contributed by atoms with Crippen molar-refractivity contribution in [2.75, 3.05) is 5.32 Å². The summed E-state index contributed by atoms with van der Waals surface area (Å²) in [5, 5.41) is 5.47. The van der Waals surface area contributed by atoms with E-state index in [-0.39, 0.29) is 12.1 Å². The SMILES string of the molecule is CC(C)N(Cc1cccc(-c2nccs2)c1)C(=O)Nc1ccc(S(=O)(=O)C(F)F)cc1. The van der Waals surface area contributed by atoms with Gasteiger partial charge in [-0.25, -0.2) is 18.2 Å². The lowest BCUT2D eigenvalue weighted by Crippen LogP contribution is -2.39. The third-order valence-corrected chi connectivity index (χ3v) is 6.73. The van der Waals surface area contributed by atoms with Gasteiger partial charge in [0.15, 0.2) is 0 Å². The molecule has 0 saturated carbocycles. The number of urea groups is 1. The van der Waals surface area contributed by atoms with Crippen LogP contribution >= 0.6 is 11.3 Å². The van der Waals surface area contributed by atoms with Gasteiger partial charge >= 0.3 is 11.8 Å². The Bertz CT molecular complexity index is 1130. The van der Waals surface area contributed by atoms with Crippen LogP contribution in [0.3, 0.4) is 0 Å². The number of carbonyl (C=O) groups is 1. The van der Waals surface area contributed by atoms with Crippen molar-refractivity contribution in [3.63, 3.8) is 0 Å². The quantitative estimate of drug-likeness (QED) is 0.517. The van der Waals surface area contributed by atoms with E-state index in [2.05, 4.69) is 10.3 Å². The van der Waals surface area contributed by atoms with Crippen molar-refractivity contribution in [2.45, 2.75) is 37.1 Å². The van der Waals surface area contributed by atoms with Crippen molar-refractivity contribution in [2.24, 2.45) is 0 Å². The number of rotatable bonds is 7. The van der Waals surface area contributed by atoms with Crippen LogP contribution in [0.4, 0.5) is 19.3 Å². The van der Waals surface area contributed by atoms with Crippen molar-refractivity contribution in [1.29, 1.82) is 0 Å². The standard InChI is InChI=1S/C21H21F2N3O3S2/c1-14(2)26(13-15-4-3-5-16(12-15)19-24-10-11-30-19)21(27)25-17-6-8-18(9-7-17)31(28,29)20(22)23/h3-12,14,20H,13H2,1-2H3,(H,25,27). The van der Waals surface area contributed by atoms with Gasteiger partial charge in [0.05, 0.1) is 4.90 Å². The molecule has 1 N–H and O–H groups in total. The van der Waals surface area contributed by atoms with Crippen LogP contribution in [0.2, 0.25) is 0 Å². The molecule has 2 aromatic carbocycles. The Morgan fingerprint density at radius 1 is 1.16 bits per heavy atom.